The normalized spacial score (nSPS) is 14.4. The van der Waals surface area contributed by atoms with E-state index < -0.39 is 6.23 Å². The highest BCUT2D eigenvalue weighted by Crippen LogP contribution is 2.41. The third-order valence-corrected chi connectivity index (χ3v) is 5.99. The molecule has 28 heavy (non-hydrogen) atoms. The van der Waals surface area contributed by atoms with Crippen LogP contribution in [0.4, 0.5) is 11.4 Å². The second-order valence-electron chi connectivity index (χ2n) is 6.47. The Kier molecular flexibility index (Phi) is 4.16. The van der Waals surface area contributed by atoms with Gasteiger partial charge in [-0.15, -0.1) is 11.3 Å². The van der Waals surface area contributed by atoms with E-state index in [0.29, 0.717) is 46.0 Å². The van der Waals surface area contributed by atoms with E-state index in [1.165, 1.54) is 11.3 Å². The highest BCUT2D eigenvalue weighted by Gasteiger charge is 2.20. The van der Waals surface area contributed by atoms with Gasteiger partial charge in [0.2, 0.25) is 0 Å². The summed E-state index contributed by atoms with van der Waals surface area (Å²) in [5, 5.41) is 16.0. The number of nitrogens with two attached hydrogens (primary N) is 1. The SMILES string of the molecule is Nc1c(C(O)Nc2cccc(Cl)c2)sc2nc3cc4c(cc3cc12)OCCO4. The lowest BCUT2D eigenvalue weighted by Gasteiger charge is -2.18. The molecule has 142 valence electrons. The van der Waals surface area contributed by atoms with E-state index in [1.54, 1.807) is 12.1 Å². The lowest BCUT2D eigenvalue weighted by molar-refractivity contribution is 0.172. The first kappa shape index (κ1) is 17.4. The van der Waals surface area contributed by atoms with Gasteiger partial charge in [-0.05, 0) is 30.3 Å². The molecule has 4 aromatic rings. The molecule has 0 amide bonds. The first-order valence-electron chi connectivity index (χ1n) is 8.71. The van der Waals surface area contributed by atoms with Gasteiger partial charge in [0.25, 0.3) is 0 Å². The number of benzene rings is 2. The summed E-state index contributed by atoms with van der Waals surface area (Å²) in [4.78, 5) is 6.07. The molecule has 8 heteroatoms. The van der Waals surface area contributed by atoms with E-state index in [9.17, 15) is 5.11 Å². The van der Waals surface area contributed by atoms with Crippen molar-refractivity contribution in [2.45, 2.75) is 6.23 Å². The summed E-state index contributed by atoms with van der Waals surface area (Å²) in [5.41, 5.74) is 8.35. The van der Waals surface area contributed by atoms with Gasteiger partial charge in [0.15, 0.2) is 17.7 Å². The molecule has 2 aromatic carbocycles. The third kappa shape index (κ3) is 2.97. The number of fused-ring (bicyclic) bond motifs is 3. The number of halogens is 1. The van der Waals surface area contributed by atoms with Crippen LogP contribution >= 0.6 is 22.9 Å². The van der Waals surface area contributed by atoms with Crippen LogP contribution in [0.5, 0.6) is 11.5 Å². The molecule has 1 unspecified atom stereocenters. The Balaban J connectivity index is 1.56. The maximum absolute atomic E-state index is 10.7. The van der Waals surface area contributed by atoms with Crippen molar-refractivity contribution in [2.75, 3.05) is 24.3 Å². The fourth-order valence-electron chi connectivity index (χ4n) is 3.26. The number of nitrogens with zero attached hydrogens (tertiary/aromatic N) is 1. The number of aliphatic hydroxyl groups is 1. The summed E-state index contributed by atoms with van der Waals surface area (Å²) in [6, 6.07) is 12.9. The van der Waals surface area contributed by atoms with E-state index in [2.05, 4.69) is 5.32 Å². The van der Waals surface area contributed by atoms with Crippen LogP contribution in [0.3, 0.4) is 0 Å². The fourth-order valence-corrected chi connectivity index (χ4v) is 4.47. The average Bonchev–Trinajstić information content (AvgIpc) is 3.00. The summed E-state index contributed by atoms with van der Waals surface area (Å²) < 4.78 is 11.3. The smallest absolute Gasteiger partial charge is 0.163 e. The topological polar surface area (TPSA) is 89.6 Å². The maximum atomic E-state index is 10.7. The highest BCUT2D eigenvalue weighted by atomic mass is 35.5. The Hall–Kier alpha value is -2.74. The third-order valence-electron chi connectivity index (χ3n) is 4.58. The quantitative estimate of drug-likeness (QED) is 0.426. The lowest BCUT2D eigenvalue weighted by Crippen LogP contribution is -2.15. The zero-order valence-corrected chi connectivity index (χ0v) is 16.2. The molecule has 1 atom stereocenters. The molecule has 5 rings (SSSR count). The van der Waals surface area contributed by atoms with Crippen molar-refractivity contribution in [2.24, 2.45) is 0 Å². The molecule has 6 nitrogen and oxygen atoms in total. The lowest BCUT2D eigenvalue weighted by atomic mass is 10.1. The van der Waals surface area contributed by atoms with Crippen LogP contribution in [-0.4, -0.2) is 23.3 Å². The van der Waals surface area contributed by atoms with Crippen LogP contribution in [0.1, 0.15) is 11.1 Å². The van der Waals surface area contributed by atoms with E-state index in [4.69, 9.17) is 31.8 Å². The monoisotopic (exact) mass is 413 g/mol. The predicted octanol–water partition coefficient (Wildman–Crippen LogP) is 4.56. The Morgan fingerprint density at radius 2 is 1.93 bits per heavy atom. The summed E-state index contributed by atoms with van der Waals surface area (Å²) in [6.45, 7) is 1.05. The number of aliphatic hydroxyl groups excluding tert-OH is 1. The molecule has 0 bridgehead atoms. The number of aromatic nitrogens is 1. The molecular formula is C20H16ClN3O3S. The summed E-state index contributed by atoms with van der Waals surface area (Å²) >= 11 is 7.36. The van der Waals surface area contributed by atoms with Gasteiger partial charge in [0.05, 0.1) is 16.1 Å². The van der Waals surface area contributed by atoms with Gasteiger partial charge in [0, 0.05) is 27.5 Å². The molecule has 0 saturated carbocycles. The van der Waals surface area contributed by atoms with Crippen LogP contribution in [0, 0.1) is 0 Å². The maximum Gasteiger partial charge on any atom is 0.163 e. The molecule has 3 heterocycles. The molecule has 0 saturated heterocycles. The van der Waals surface area contributed by atoms with Crippen LogP contribution in [0.25, 0.3) is 21.1 Å². The molecule has 1 aliphatic rings. The van der Waals surface area contributed by atoms with Gasteiger partial charge in [-0.25, -0.2) is 4.98 Å². The number of hydrogen-bond acceptors (Lipinski definition) is 7. The van der Waals surface area contributed by atoms with Crippen molar-refractivity contribution < 1.29 is 14.6 Å². The second-order valence-corrected chi connectivity index (χ2v) is 7.93. The number of pyridine rings is 1. The molecule has 4 N–H and O–H groups in total. The van der Waals surface area contributed by atoms with E-state index in [0.717, 1.165) is 21.1 Å². The van der Waals surface area contributed by atoms with Crippen molar-refractivity contribution in [1.29, 1.82) is 0 Å². The Bertz CT molecular complexity index is 1210. The minimum absolute atomic E-state index is 0.506. The molecule has 0 radical (unpaired) electrons. The van der Waals surface area contributed by atoms with Crippen molar-refractivity contribution in [3.8, 4) is 11.5 Å². The van der Waals surface area contributed by atoms with E-state index in [-0.39, 0.29) is 0 Å². The molecule has 2 aromatic heterocycles. The largest absolute Gasteiger partial charge is 0.486 e. The van der Waals surface area contributed by atoms with Gasteiger partial charge < -0.3 is 25.6 Å². The Morgan fingerprint density at radius 3 is 2.71 bits per heavy atom. The van der Waals surface area contributed by atoms with Crippen molar-refractivity contribution in [1.82, 2.24) is 4.98 Å². The fraction of sp³-hybridized carbons (Fsp3) is 0.150. The van der Waals surface area contributed by atoms with Crippen LogP contribution in [0.15, 0.2) is 42.5 Å². The second kappa shape index (κ2) is 6.70. The summed E-state index contributed by atoms with van der Waals surface area (Å²) in [7, 11) is 0. The van der Waals surface area contributed by atoms with Gasteiger partial charge in [-0.3, -0.25) is 0 Å². The molecule has 0 spiro atoms. The minimum Gasteiger partial charge on any atom is -0.486 e. The number of anilines is 2. The van der Waals surface area contributed by atoms with Crippen LogP contribution in [-0.2, 0) is 0 Å². The highest BCUT2D eigenvalue weighted by molar-refractivity contribution is 7.19. The Labute approximate surface area is 169 Å². The molecular weight excluding hydrogens is 398 g/mol. The van der Waals surface area contributed by atoms with Crippen LogP contribution in [0.2, 0.25) is 5.02 Å². The standard InChI is InChI=1S/C20H16ClN3O3S/c21-11-2-1-3-12(8-11)23-19(25)18-17(22)13-6-10-7-15-16(27-5-4-26-15)9-14(10)24-20(13)28-18/h1-3,6-9,19,23,25H,4-5,22H2. The first-order chi connectivity index (χ1) is 13.6. The van der Waals surface area contributed by atoms with E-state index in [1.807, 2.05) is 30.3 Å². The minimum atomic E-state index is -0.972. The Morgan fingerprint density at radius 1 is 1.14 bits per heavy atom. The van der Waals surface area contributed by atoms with Gasteiger partial charge >= 0.3 is 0 Å². The number of nitrogens with one attached hydrogen (secondary N) is 1. The first-order valence-corrected chi connectivity index (χ1v) is 9.90. The number of ether oxygens (including phenoxy) is 2. The van der Waals surface area contributed by atoms with E-state index >= 15 is 0 Å². The molecule has 0 aliphatic carbocycles. The van der Waals surface area contributed by atoms with Crippen molar-refractivity contribution >= 4 is 55.4 Å². The number of nitrogen functional groups attached to an aromatic ring is 1. The summed E-state index contributed by atoms with van der Waals surface area (Å²) in [6.07, 6.45) is -0.972. The zero-order chi connectivity index (χ0) is 19.3. The van der Waals surface area contributed by atoms with Crippen molar-refractivity contribution in [3.63, 3.8) is 0 Å². The summed E-state index contributed by atoms with van der Waals surface area (Å²) in [5.74, 6) is 1.40. The van der Waals surface area contributed by atoms with Gasteiger partial charge in [0.1, 0.15) is 18.0 Å². The number of rotatable bonds is 3. The zero-order valence-electron chi connectivity index (χ0n) is 14.6. The predicted molar refractivity (Wildman–Crippen MR) is 113 cm³/mol. The van der Waals surface area contributed by atoms with Gasteiger partial charge in [-0.2, -0.15) is 0 Å². The van der Waals surface area contributed by atoms with Gasteiger partial charge in [-0.1, -0.05) is 17.7 Å². The van der Waals surface area contributed by atoms with Crippen LogP contribution < -0.4 is 20.5 Å². The number of thiophene rings is 1. The molecule has 0 fully saturated rings. The number of hydrogen-bond donors (Lipinski definition) is 3. The molecule has 1 aliphatic heterocycles. The van der Waals surface area contributed by atoms with Crippen molar-refractivity contribution in [3.05, 3.63) is 52.4 Å². The average molecular weight is 414 g/mol.